The third-order valence-electron chi connectivity index (χ3n) is 2.89. The molecule has 0 saturated heterocycles. The lowest BCUT2D eigenvalue weighted by Gasteiger charge is -2.18. The maximum absolute atomic E-state index is 12.4. The van der Waals surface area contributed by atoms with Crippen LogP contribution in [0.5, 0.6) is 0 Å². The average Bonchev–Trinajstić information content (AvgIpc) is 2.45. The predicted octanol–water partition coefficient (Wildman–Crippen LogP) is 1.42. The van der Waals surface area contributed by atoms with Gasteiger partial charge in [0.1, 0.15) is 5.69 Å². The Morgan fingerprint density at radius 3 is 2.62 bits per heavy atom. The molecule has 0 aliphatic heterocycles. The van der Waals surface area contributed by atoms with Gasteiger partial charge in [-0.2, -0.15) is 9.57 Å². The number of nitro benzene ring substituents is 1. The number of nitrogens with one attached hydrogen (secondary N) is 1. The van der Waals surface area contributed by atoms with E-state index in [9.17, 15) is 18.5 Å². The first kappa shape index (κ1) is 16.9. The third-order valence-corrected chi connectivity index (χ3v) is 4.71. The van der Waals surface area contributed by atoms with E-state index in [1.165, 1.54) is 26.2 Å². The van der Waals surface area contributed by atoms with E-state index in [0.717, 1.165) is 10.4 Å². The van der Waals surface area contributed by atoms with E-state index < -0.39 is 20.9 Å². The molecule has 0 saturated carbocycles. The van der Waals surface area contributed by atoms with Crippen LogP contribution in [0.1, 0.15) is 6.92 Å². The van der Waals surface area contributed by atoms with Crippen molar-refractivity contribution in [1.29, 1.82) is 5.26 Å². The highest BCUT2D eigenvalue weighted by Crippen LogP contribution is 2.28. The molecule has 0 aliphatic rings. The van der Waals surface area contributed by atoms with Gasteiger partial charge in [0.15, 0.2) is 0 Å². The van der Waals surface area contributed by atoms with Crippen LogP contribution in [0, 0.1) is 27.4 Å². The molecule has 1 atom stereocenters. The first-order chi connectivity index (χ1) is 9.73. The fourth-order valence-electron chi connectivity index (χ4n) is 1.74. The molecule has 21 heavy (non-hydrogen) atoms. The van der Waals surface area contributed by atoms with E-state index in [1.54, 1.807) is 6.92 Å². The summed E-state index contributed by atoms with van der Waals surface area (Å²) in [5.74, 6) is -0.452. The summed E-state index contributed by atoms with van der Waals surface area (Å²) in [5.41, 5.74) is -0.0905. The maximum Gasteiger partial charge on any atom is 0.292 e. The highest BCUT2D eigenvalue weighted by molar-refractivity contribution is 7.89. The van der Waals surface area contributed by atoms with Gasteiger partial charge in [-0.1, -0.05) is 0 Å². The molecule has 1 N–H and O–H groups in total. The first-order valence-corrected chi connectivity index (χ1v) is 7.50. The van der Waals surface area contributed by atoms with E-state index in [-0.39, 0.29) is 22.8 Å². The third kappa shape index (κ3) is 3.68. The van der Waals surface area contributed by atoms with E-state index in [4.69, 9.17) is 5.26 Å². The van der Waals surface area contributed by atoms with Crippen LogP contribution in [0.15, 0.2) is 23.1 Å². The summed E-state index contributed by atoms with van der Waals surface area (Å²) in [4.78, 5) is 10.2. The van der Waals surface area contributed by atoms with Gasteiger partial charge in [-0.25, -0.2) is 8.42 Å². The second-order valence-electron chi connectivity index (χ2n) is 4.50. The second-order valence-corrected chi connectivity index (χ2v) is 6.55. The lowest BCUT2D eigenvalue weighted by molar-refractivity contribution is -0.384. The zero-order valence-corrected chi connectivity index (χ0v) is 12.7. The normalized spacial score (nSPS) is 12.7. The minimum absolute atomic E-state index is 0.0463. The Morgan fingerprint density at radius 2 is 2.14 bits per heavy atom. The molecule has 0 fully saturated rings. The second kappa shape index (κ2) is 6.51. The van der Waals surface area contributed by atoms with Crippen molar-refractivity contribution in [2.75, 3.05) is 26.0 Å². The van der Waals surface area contributed by atoms with E-state index >= 15 is 0 Å². The van der Waals surface area contributed by atoms with Crippen LogP contribution in [0.25, 0.3) is 0 Å². The Balaban J connectivity index is 3.21. The molecule has 0 heterocycles. The van der Waals surface area contributed by atoms with Crippen molar-refractivity contribution in [2.45, 2.75) is 11.8 Å². The molecular formula is C12H16N4O4S. The Morgan fingerprint density at radius 1 is 1.52 bits per heavy atom. The SMILES string of the molecule is CNc1cc(S(=O)(=O)N(C)CC(C)C#N)ccc1[N+](=O)[O-]. The van der Waals surface area contributed by atoms with Gasteiger partial charge in [0.05, 0.1) is 21.8 Å². The summed E-state index contributed by atoms with van der Waals surface area (Å²) in [7, 11) is -0.962. The van der Waals surface area contributed by atoms with Crippen LogP contribution in [-0.2, 0) is 10.0 Å². The number of hydrogen-bond donors (Lipinski definition) is 1. The fourth-order valence-corrected chi connectivity index (χ4v) is 3.03. The standard InChI is InChI=1S/C12H16N4O4S/c1-9(7-13)8-15(3)21(19,20)10-4-5-12(16(17)18)11(6-10)14-2/h4-6,9,14H,8H2,1-3H3. The molecular weight excluding hydrogens is 296 g/mol. The molecule has 0 spiro atoms. The number of sulfonamides is 1. The van der Waals surface area contributed by atoms with Crippen LogP contribution in [0.4, 0.5) is 11.4 Å². The molecule has 8 nitrogen and oxygen atoms in total. The summed E-state index contributed by atoms with van der Waals surface area (Å²) >= 11 is 0. The molecule has 0 bridgehead atoms. The van der Waals surface area contributed by atoms with Crippen LogP contribution >= 0.6 is 0 Å². The maximum atomic E-state index is 12.4. The van der Waals surface area contributed by atoms with Gasteiger partial charge in [0.25, 0.3) is 5.69 Å². The monoisotopic (exact) mass is 312 g/mol. The number of benzene rings is 1. The van der Waals surface area contributed by atoms with Crippen molar-refractivity contribution in [3.8, 4) is 6.07 Å². The van der Waals surface area contributed by atoms with Crippen LogP contribution in [0.2, 0.25) is 0 Å². The lowest BCUT2D eigenvalue weighted by Crippen LogP contribution is -2.30. The average molecular weight is 312 g/mol. The minimum Gasteiger partial charge on any atom is -0.383 e. The smallest absolute Gasteiger partial charge is 0.292 e. The molecule has 0 aromatic heterocycles. The highest BCUT2D eigenvalue weighted by Gasteiger charge is 2.25. The predicted molar refractivity (Wildman–Crippen MR) is 77.2 cm³/mol. The largest absolute Gasteiger partial charge is 0.383 e. The molecule has 9 heteroatoms. The Kier molecular flexibility index (Phi) is 5.23. The number of nitro groups is 1. The van der Waals surface area contributed by atoms with Gasteiger partial charge in [0.2, 0.25) is 10.0 Å². The fraction of sp³-hybridized carbons (Fsp3) is 0.417. The number of nitrogens with zero attached hydrogens (tertiary/aromatic N) is 3. The molecule has 1 aromatic carbocycles. The number of nitriles is 1. The summed E-state index contributed by atoms with van der Waals surface area (Å²) in [6.07, 6.45) is 0. The van der Waals surface area contributed by atoms with Crippen molar-refractivity contribution in [2.24, 2.45) is 5.92 Å². The quantitative estimate of drug-likeness (QED) is 0.627. The molecule has 1 aromatic rings. The van der Waals surface area contributed by atoms with Crippen LogP contribution in [0.3, 0.4) is 0 Å². The van der Waals surface area contributed by atoms with Crippen molar-refractivity contribution < 1.29 is 13.3 Å². The van der Waals surface area contributed by atoms with Crippen molar-refractivity contribution >= 4 is 21.4 Å². The Labute approximate surface area is 123 Å². The highest BCUT2D eigenvalue weighted by atomic mass is 32.2. The van der Waals surface area contributed by atoms with Crippen molar-refractivity contribution in [1.82, 2.24) is 4.31 Å². The van der Waals surface area contributed by atoms with Gasteiger partial charge in [-0.15, -0.1) is 0 Å². The molecule has 1 unspecified atom stereocenters. The molecule has 114 valence electrons. The molecule has 0 aliphatic carbocycles. The zero-order valence-electron chi connectivity index (χ0n) is 11.9. The Hall–Kier alpha value is -2.18. The lowest BCUT2D eigenvalue weighted by atomic mass is 10.2. The van der Waals surface area contributed by atoms with Crippen LogP contribution < -0.4 is 5.32 Å². The topological polar surface area (TPSA) is 116 Å². The van der Waals surface area contributed by atoms with Crippen molar-refractivity contribution in [3.63, 3.8) is 0 Å². The number of anilines is 1. The zero-order chi connectivity index (χ0) is 16.2. The van der Waals surface area contributed by atoms with Gasteiger partial charge >= 0.3 is 0 Å². The van der Waals surface area contributed by atoms with Crippen molar-refractivity contribution in [3.05, 3.63) is 28.3 Å². The summed E-state index contributed by atoms with van der Waals surface area (Å²) < 4.78 is 25.8. The number of rotatable bonds is 6. The molecule has 0 amide bonds. The first-order valence-electron chi connectivity index (χ1n) is 6.06. The summed E-state index contributed by atoms with van der Waals surface area (Å²) in [6.45, 7) is 1.66. The van der Waals surface area contributed by atoms with Gasteiger partial charge < -0.3 is 5.32 Å². The van der Waals surface area contributed by atoms with Crippen LogP contribution in [-0.4, -0.2) is 38.3 Å². The van der Waals surface area contributed by atoms with E-state index in [2.05, 4.69) is 5.32 Å². The minimum atomic E-state index is -3.80. The number of hydrogen-bond acceptors (Lipinski definition) is 6. The molecule has 0 radical (unpaired) electrons. The summed E-state index contributed by atoms with van der Waals surface area (Å²) in [5, 5.41) is 22.2. The van der Waals surface area contributed by atoms with Gasteiger partial charge in [-0.05, 0) is 19.1 Å². The van der Waals surface area contributed by atoms with E-state index in [0.29, 0.717) is 0 Å². The van der Waals surface area contributed by atoms with E-state index in [1.807, 2.05) is 6.07 Å². The Bertz CT molecular complexity index is 681. The summed E-state index contributed by atoms with van der Waals surface area (Å²) in [6, 6.07) is 5.49. The van der Waals surface area contributed by atoms with Gasteiger partial charge in [0, 0.05) is 26.7 Å². The molecule has 1 rings (SSSR count). The van der Waals surface area contributed by atoms with Gasteiger partial charge in [-0.3, -0.25) is 10.1 Å².